The molecule has 37 heavy (non-hydrogen) atoms. The van der Waals surface area contributed by atoms with E-state index in [1.54, 1.807) is 0 Å². The van der Waals surface area contributed by atoms with Gasteiger partial charge in [0.1, 0.15) is 0 Å². The molecule has 0 atom stereocenters. The molecule has 3 nitrogen and oxygen atoms in total. The molecule has 0 aromatic rings. The Bertz CT molecular complexity index is 323. The van der Waals surface area contributed by atoms with Gasteiger partial charge < -0.3 is 9.94 Å². The first-order chi connectivity index (χ1) is 18.2. The number of allylic oxidation sites excluding steroid dienone is 1. The lowest BCUT2D eigenvalue weighted by molar-refractivity contribution is 0.0376. The van der Waals surface area contributed by atoms with Crippen molar-refractivity contribution in [3.8, 4) is 0 Å². The van der Waals surface area contributed by atoms with Crippen LogP contribution in [0.2, 0.25) is 0 Å². The zero-order valence-electron chi connectivity index (χ0n) is 26.4. The Hall–Kier alpha value is -0.380. The molecule has 0 aromatic heterocycles. The molecule has 0 aliphatic carbocycles. The lowest BCUT2D eigenvalue weighted by Gasteiger charge is -2.05. The molecule has 0 aliphatic heterocycles. The average molecular weight is 528 g/mol. The lowest BCUT2D eigenvalue weighted by Crippen LogP contribution is -2.16. The molecule has 2 N–H and O–H groups in total. The van der Waals surface area contributed by atoms with Gasteiger partial charge in [0.15, 0.2) is 0 Å². The zero-order valence-corrected chi connectivity index (χ0v) is 26.4. The highest BCUT2D eigenvalue weighted by Crippen LogP contribution is 2.07. The van der Waals surface area contributed by atoms with Crippen LogP contribution in [0.5, 0.6) is 0 Å². The van der Waals surface area contributed by atoms with Crippen LogP contribution in [0.1, 0.15) is 188 Å². The molecule has 0 aromatic carbocycles. The minimum Gasteiger partial charge on any atom is -0.396 e. The Labute approximate surface area is 236 Å². The molecule has 0 saturated heterocycles. The highest BCUT2D eigenvalue weighted by molar-refractivity contribution is 4.65. The Morgan fingerprint density at radius 2 is 0.892 bits per heavy atom. The highest BCUT2D eigenvalue weighted by atomic mass is 16.6. The smallest absolute Gasteiger partial charge is 0.0682 e. The van der Waals surface area contributed by atoms with Crippen molar-refractivity contribution in [2.45, 2.75) is 188 Å². The molecular weight excluding hydrogens is 454 g/mol. The number of hydroxylamine groups is 1. The van der Waals surface area contributed by atoms with Crippen LogP contribution in [-0.2, 0) is 4.84 Å². The minimum absolute atomic E-state index is 0.367. The Morgan fingerprint density at radius 3 is 1.32 bits per heavy atom. The molecule has 0 spiro atoms. The van der Waals surface area contributed by atoms with Gasteiger partial charge in [0.25, 0.3) is 0 Å². The van der Waals surface area contributed by atoms with E-state index in [0.717, 1.165) is 26.0 Å². The molecule has 0 radical (unpaired) electrons. The SMILES string of the molecule is C=CCCCCCCNOCCCCCCCCC.CCCCCCCCC.CCCCCCCCO. The maximum atomic E-state index is 8.42. The normalized spacial score (nSPS) is 10.4. The van der Waals surface area contributed by atoms with Crippen molar-refractivity contribution in [3.63, 3.8) is 0 Å². The van der Waals surface area contributed by atoms with Gasteiger partial charge in [0, 0.05) is 13.2 Å². The van der Waals surface area contributed by atoms with E-state index in [0.29, 0.717) is 6.61 Å². The summed E-state index contributed by atoms with van der Waals surface area (Å²) in [7, 11) is 0. The predicted molar refractivity (Wildman–Crippen MR) is 169 cm³/mol. The quantitative estimate of drug-likeness (QED) is 0.0603. The lowest BCUT2D eigenvalue weighted by atomic mass is 10.1. The standard InChI is InChI=1S/C17H35NO.C9H20.C8H18O/c1-3-5-7-9-11-13-15-17-19-18-16-14-12-10-8-6-4-2;1-3-5-7-9-8-6-4-2;1-2-3-4-5-6-7-8-9/h4,18H,2-3,5-17H2,1H3;3-9H2,1-2H3;9H,2-8H2,1H3. The van der Waals surface area contributed by atoms with Gasteiger partial charge in [0.2, 0.25) is 0 Å². The third kappa shape index (κ3) is 52.8. The van der Waals surface area contributed by atoms with Crippen molar-refractivity contribution in [1.82, 2.24) is 5.48 Å². The molecule has 226 valence electrons. The molecule has 0 bridgehead atoms. The van der Waals surface area contributed by atoms with E-state index in [2.05, 4.69) is 39.8 Å². The second-order valence-corrected chi connectivity index (χ2v) is 10.6. The Balaban J connectivity index is -0.000000534. The van der Waals surface area contributed by atoms with Crippen LogP contribution in [0, 0.1) is 0 Å². The molecule has 0 amide bonds. The van der Waals surface area contributed by atoms with E-state index in [4.69, 9.17) is 9.94 Å². The van der Waals surface area contributed by atoms with E-state index in [1.165, 1.54) is 148 Å². The molecule has 0 fully saturated rings. The highest BCUT2D eigenvalue weighted by Gasteiger charge is 1.93. The summed E-state index contributed by atoms with van der Waals surface area (Å²) in [5.74, 6) is 0. The van der Waals surface area contributed by atoms with Crippen molar-refractivity contribution in [2.24, 2.45) is 0 Å². The zero-order chi connectivity index (χ0) is 27.9. The number of aliphatic hydroxyl groups is 1. The van der Waals surface area contributed by atoms with Gasteiger partial charge in [-0.2, -0.15) is 0 Å². The molecular formula is C34H73NO2. The van der Waals surface area contributed by atoms with E-state index >= 15 is 0 Å². The van der Waals surface area contributed by atoms with Crippen LogP contribution in [0.4, 0.5) is 0 Å². The van der Waals surface area contributed by atoms with Gasteiger partial charge >= 0.3 is 0 Å². The fourth-order valence-electron chi connectivity index (χ4n) is 4.04. The van der Waals surface area contributed by atoms with Gasteiger partial charge in [0.05, 0.1) is 6.61 Å². The molecule has 0 saturated carbocycles. The third-order valence-corrected chi connectivity index (χ3v) is 6.61. The van der Waals surface area contributed by atoms with Crippen molar-refractivity contribution in [1.29, 1.82) is 0 Å². The Kier molecular flexibility index (Phi) is 50.6. The number of unbranched alkanes of at least 4 members (excludes halogenated alkanes) is 21. The maximum absolute atomic E-state index is 8.42. The summed E-state index contributed by atoms with van der Waals surface area (Å²) >= 11 is 0. The number of rotatable bonds is 28. The molecule has 0 heterocycles. The van der Waals surface area contributed by atoms with Gasteiger partial charge in [-0.25, -0.2) is 5.48 Å². The third-order valence-electron chi connectivity index (χ3n) is 6.61. The van der Waals surface area contributed by atoms with Crippen molar-refractivity contribution < 1.29 is 9.94 Å². The van der Waals surface area contributed by atoms with E-state index in [1.807, 2.05) is 6.08 Å². The van der Waals surface area contributed by atoms with E-state index < -0.39 is 0 Å². The largest absolute Gasteiger partial charge is 0.396 e. The molecule has 0 rings (SSSR count). The molecule has 0 unspecified atom stereocenters. The Morgan fingerprint density at radius 1 is 0.514 bits per heavy atom. The second-order valence-electron chi connectivity index (χ2n) is 10.6. The van der Waals surface area contributed by atoms with Gasteiger partial charge in [-0.05, 0) is 32.1 Å². The van der Waals surface area contributed by atoms with Crippen LogP contribution < -0.4 is 5.48 Å². The summed E-state index contributed by atoms with van der Waals surface area (Å²) in [5.41, 5.74) is 3.07. The first kappa shape index (κ1) is 41.1. The summed E-state index contributed by atoms with van der Waals surface area (Å²) in [4.78, 5) is 5.42. The van der Waals surface area contributed by atoms with Crippen LogP contribution in [0.25, 0.3) is 0 Å². The van der Waals surface area contributed by atoms with E-state index in [9.17, 15) is 0 Å². The average Bonchev–Trinajstić information content (AvgIpc) is 2.91. The van der Waals surface area contributed by atoms with Crippen molar-refractivity contribution in [2.75, 3.05) is 19.8 Å². The molecule has 0 aliphatic rings. The van der Waals surface area contributed by atoms with Crippen LogP contribution in [-0.4, -0.2) is 24.9 Å². The summed E-state index contributed by atoms with van der Waals surface area (Å²) in [6, 6.07) is 0. The first-order valence-electron chi connectivity index (χ1n) is 16.8. The second kappa shape index (κ2) is 45.5. The monoisotopic (exact) mass is 528 g/mol. The summed E-state index contributed by atoms with van der Waals surface area (Å²) in [6.45, 7) is 15.0. The van der Waals surface area contributed by atoms with Gasteiger partial charge in [-0.3, -0.25) is 0 Å². The predicted octanol–water partition coefficient (Wildman–Crippen LogP) is 11.5. The fourth-order valence-corrected chi connectivity index (χ4v) is 4.04. The van der Waals surface area contributed by atoms with Gasteiger partial charge in [-0.1, -0.05) is 162 Å². The van der Waals surface area contributed by atoms with Gasteiger partial charge in [-0.15, -0.1) is 6.58 Å². The van der Waals surface area contributed by atoms with Crippen LogP contribution >= 0.6 is 0 Å². The maximum Gasteiger partial charge on any atom is 0.0682 e. The van der Waals surface area contributed by atoms with Crippen LogP contribution in [0.3, 0.4) is 0 Å². The summed E-state index contributed by atoms with van der Waals surface area (Å²) in [5, 5.41) is 8.42. The first-order valence-corrected chi connectivity index (χ1v) is 16.8. The number of hydrogen-bond acceptors (Lipinski definition) is 3. The fraction of sp³-hybridized carbons (Fsp3) is 0.941. The molecule has 3 heteroatoms. The number of hydrogen-bond donors (Lipinski definition) is 2. The van der Waals surface area contributed by atoms with E-state index in [-0.39, 0.29) is 0 Å². The topological polar surface area (TPSA) is 41.5 Å². The minimum atomic E-state index is 0.367. The number of nitrogens with one attached hydrogen (secondary N) is 1. The van der Waals surface area contributed by atoms with Crippen molar-refractivity contribution >= 4 is 0 Å². The summed E-state index contributed by atoms with van der Waals surface area (Å²) in [6.07, 6.45) is 35.1. The van der Waals surface area contributed by atoms with Crippen LogP contribution in [0.15, 0.2) is 12.7 Å². The van der Waals surface area contributed by atoms with Crippen molar-refractivity contribution in [3.05, 3.63) is 12.7 Å². The summed E-state index contributed by atoms with van der Waals surface area (Å²) < 4.78 is 0. The number of aliphatic hydroxyl groups excluding tert-OH is 1.